The Hall–Kier alpha value is -2.69. The zero-order valence-corrected chi connectivity index (χ0v) is 17.3. The van der Waals surface area contributed by atoms with E-state index in [0.717, 1.165) is 0 Å². The second-order valence-corrected chi connectivity index (χ2v) is 8.13. The van der Waals surface area contributed by atoms with Crippen LogP contribution < -0.4 is 16.0 Å². The van der Waals surface area contributed by atoms with Crippen molar-refractivity contribution < 1.29 is 30.0 Å². The molecule has 3 unspecified atom stereocenters. The van der Waals surface area contributed by atoms with Gasteiger partial charge in [0, 0.05) is 23.0 Å². The van der Waals surface area contributed by atoms with Gasteiger partial charge >= 0.3 is 6.09 Å². The minimum atomic E-state index is -1.11. The molecule has 0 saturated carbocycles. The average Bonchev–Trinajstić information content (AvgIpc) is 2.91. The van der Waals surface area contributed by atoms with Crippen LogP contribution in [-0.2, 0) is 4.74 Å². The Morgan fingerprint density at radius 3 is 2.60 bits per heavy atom. The molecular weight excluding hydrogens is 392 g/mol. The number of amides is 1. The molecule has 0 bridgehead atoms. The fourth-order valence-corrected chi connectivity index (χ4v) is 3.67. The number of aliphatic hydroxyl groups excluding tert-OH is 2. The highest BCUT2D eigenvalue weighted by atomic mass is 16.5. The van der Waals surface area contributed by atoms with E-state index in [1.54, 1.807) is 25.1 Å². The number of aromatic nitrogens is 1. The summed E-state index contributed by atoms with van der Waals surface area (Å²) in [6.07, 6.45) is -1.67. The molecule has 1 saturated heterocycles. The number of nitrogens with one attached hydrogen (secondary N) is 3. The molecule has 30 heavy (non-hydrogen) atoms. The van der Waals surface area contributed by atoms with Crippen LogP contribution in [0.4, 0.5) is 10.5 Å². The fourth-order valence-electron chi connectivity index (χ4n) is 3.67. The monoisotopic (exact) mass is 422 g/mol. The number of anilines is 1. The SMILES string of the molecule is CCOC(=O)NC(C)(C)CNc1ccc2c(O)n(C3CCC(O)NC3O)c(O)c2c1. The average molecular weight is 422 g/mol. The summed E-state index contributed by atoms with van der Waals surface area (Å²) in [6, 6.07) is 4.50. The van der Waals surface area contributed by atoms with Gasteiger partial charge < -0.3 is 35.8 Å². The maximum Gasteiger partial charge on any atom is 0.407 e. The molecule has 10 nitrogen and oxygen atoms in total. The van der Waals surface area contributed by atoms with E-state index < -0.39 is 30.1 Å². The van der Waals surface area contributed by atoms with Crippen molar-refractivity contribution in [3.05, 3.63) is 18.2 Å². The molecule has 1 amide bonds. The molecule has 1 aliphatic rings. The molecule has 1 aromatic heterocycles. The summed E-state index contributed by atoms with van der Waals surface area (Å²) in [5.41, 5.74) is 0.0992. The number of ether oxygens (including phenoxy) is 1. The maximum atomic E-state index is 11.7. The number of aromatic hydroxyl groups is 2. The molecule has 1 aromatic carbocycles. The van der Waals surface area contributed by atoms with Crippen LogP contribution in [0, 0.1) is 0 Å². The zero-order valence-electron chi connectivity index (χ0n) is 17.3. The number of aliphatic hydroxyl groups is 2. The topological polar surface area (TPSA) is 148 Å². The van der Waals surface area contributed by atoms with Gasteiger partial charge in [0.05, 0.1) is 18.2 Å². The van der Waals surface area contributed by atoms with Gasteiger partial charge in [-0.1, -0.05) is 0 Å². The molecule has 3 rings (SSSR count). The van der Waals surface area contributed by atoms with Crippen molar-refractivity contribution in [3.8, 4) is 11.8 Å². The van der Waals surface area contributed by atoms with E-state index in [9.17, 15) is 25.2 Å². The van der Waals surface area contributed by atoms with Crippen LogP contribution in [0.1, 0.15) is 39.7 Å². The van der Waals surface area contributed by atoms with Crippen molar-refractivity contribution >= 4 is 22.6 Å². The van der Waals surface area contributed by atoms with Crippen molar-refractivity contribution in [1.82, 2.24) is 15.2 Å². The first-order valence-electron chi connectivity index (χ1n) is 10.00. The van der Waals surface area contributed by atoms with Crippen LogP contribution in [-0.4, -0.2) is 62.2 Å². The number of benzene rings is 1. The molecule has 0 spiro atoms. The first-order chi connectivity index (χ1) is 14.1. The number of rotatable bonds is 6. The number of piperidine rings is 1. The molecule has 7 N–H and O–H groups in total. The van der Waals surface area contributed by atoms with Gasteiger partial charge in [0.15, 0.2) is 0 Å². The largest absolute Gasteiger partial charge is 0.494 e. The Morgan fingerprint density at radius 1 is 1.23 bits per heavy atom. The number of fused-ring (bicyclic) bond motifs is 1. The second kappa shape index (κ2) is 8.58. The van der Waals surface area contributed by atoms with Gasteiger partial charge in [-0.25, -0.2) is 4.79 Å². The predicted octanol–water partition coefficient (Wildman–Crippen LogP) is 1.55. The van der Waals surface area contributed by atoms with E-state index in [1.807, 2.05) is 13.8 Å². The zero-order chi connectivity index (χ0) is 22.1. The van der Waals surface area contributed by atoms with Crippen LogP contribution in [0.5, 0.6) is 11.8 Å². The van der Waals surface area contributed by atoms with Crippen LogP contribution in [0.15, 0.2) is 18.2 Å². The number of hydrogen-bond acceptors (Lipinski definition) is 8. The van der Waals surface area contributed by atoms with Gasteiger partial charge in [0.2, 0.25) is 11.8 Å². The van der Waals surface area contributed by atoms with E-state index >= 15 is 0 Å². The standard InChI is InChI=1S/C20H30N4O6/c1-4-30-19(29)23-20(2,3)10-21-11-5-6-12-13(9-11)18(28)24(17(12)27)14-7-8-15(25)22-16(14)26/h5-6,9,14-16,21-22,25-28H,4,7-8,10H2,1-3H3,(H,23,29). The van der Waals surface area contributed by atoms with E-state index in [0.29, 0.717) is 35.8 Å². The highest BCUT2D eigenvalue weighted by molar-refractivity contribution is 5.95. The molecule has 0 aliphatic carbocycles. The lowest BCUT2D eigenvalue weighted by Gasteiger charge is -2.33. The van der Waals surface area contributed by atoms with Gasteiger partial charge in [0.1, 0.15) is 12.5 Å². The third-order valence-electron chi connectivity index (χ3n) is 5.20. The number of hydrogen-bond donors (Lipinski definition) is 7. The maximum absolute atomic E-state index is 11.7. The van der Waals surface area contributed by atoms with Crippen LogP contribution in [0.3, 0.4) is 0 Å². The molecule has 166 valence electrons. The summed E-state index contributed by atoms with van der Waals surface area (Å²) in [5, 5.41) is 50.7. The van der Waals surface area contributed by atoms with Gasteiger partial charge in [-0.05, 0) is 51.8 Å². The Kier molecular flexibility index (Phi) is 6.30. The van der Waals surface area contributed by atoms with E-state index in [-0.39, 0.29) is 18.4 Å². The summed E-state index contributed by atoms with van der Waals surface area (Å²) in [6.45, 7) is 6.12. The first kappa shape index (κ1) is 22.0. The van der Waals surface area contributed by atoms with E-state index in [4.69, 9.17) is 4.74 Å². The van der Waals surface area contributed by atoms with Gasteiger partial charge in [-0.3, -0.25) is 9.88 Å². The number of carbonyl (C=O) groups excluding carboxylic acids is 1. The normalized spacial score (nSPS) is 22.1. The molecular formula is C20H30N4O6. The van der Waals surface area contributed by atoms with E-state index in [1.165, 1.54) is 4.57 Å². The van der Waals surface area contributed by atoms with Crippen LogP contribution >= 0.6 is 0 Å². The Morgan fingerprint density at radius 2 is 1.93 bits per heavy atom. The van der Waals surface area contributed by atoms with E-state index in [2.05, 4.69) is 16.0 Å². The van der Waals surface area contributed by atoms with Crippen molar-refractivity contribution in [2.75, 3.05) is 18.5 Å². The number of alkyl carbamates (subject to hydrolysis) is 1. The lowest BCUT2D eigenvalue weighted by molar-refractivity contribution is -0.0305. The number of carbonyl (C=O) groups is 1. The molecule has 1 fully saturated rings. The second-order valence-electron chi connectivity index (χ2n) is 8.13. The summed E-state index contributed by atoms with van der Waals surface area (Å²) < 4.78 is 6.19. The van der Waals surface area contributed by atoms with Gasteiger partial charge in [-0.15, -0.1) is 0 Å². The Balaban J connectivity index is 1.80. The van der Waals surface area contributed by atoms with Gasteiger partial charge in [0.25, 0.3) is 0 Å². The molecule has 3 atom stereocenters. The smallest absolute Gasteiger partial charge is 0.407 e. The predicted molar refractivity (Wildman–Crippen MR) is 111 cm³/mol. The van der Waals surface area contributed by atoms with Crippen molar-refractivity contribution in [2.45, 2.75) is 57.6 Å². The van der Waals surface area contributed by atoms with Crippen LogP contribution in [0.2, 0.25) is 0 Å². The highest BCUT2D eigenvalue weighted by Crippen LogP contribution is 2.42. The fraction of sp³-hybridized carbons (Fsp3) is 0.550. The molecule has 1 aliphatic heterocycles. The first-order valence-corrected chi connectivity index (χ1v) is 10.00. The van der Waals surface area contributed by atoms with Crippen molar-refractivity contribution in [1.29, 1.82) is 0 Å². The third-order valence-corrected chi connectivity index (χ3v) is 5.20. The molecule has 2 heterocycles. The molecule has 2 aromatic rings. The highest BCUT2D eigenvalue weighted by Gasteiger charge is 2.33. The lowest BCUT2D eigenvalue weighted by atomic mass is 10.0. The quantitative estimate of drug-likeness (QED) is 0.371. The number of nitrogens with zero attached hydrogens (tertiary/aromatic N) is 1. The Bertz CT molecular complexity index is 912. The minimum absolute atomic E-state index is 0.152. The third kappa shape index (κ3) is 4.55. The minimum Gasteiger partial charge on any atom is -0.494 e. The molecule has 10 heteroatoms. The van der Waals surface area contributed by atoms with Crippen molar-refractivity contribution in [2.24, 2.45) is 0 Å². The lowest BCUT2D eigenvalue weighted by Crippen LogP contribution is -2.48. The summed E-state index contributed by atoms with van der Waals surface area (Å²) >= 11 is 0. The Labute approximate surface area is 174 Å². The summed E-state index contributed by atoms with van der Waals surface area (Å²) in [4.78, 5) is 11.7. The summed E-state index contributed by atoms with van der Waals surface area (Å²) in [7, 11) is 0. The van der Waals surface area contributed by atoms with Crippen molar-refractivity contribution in [3.63, 3.8) is 0 Å². The molecule has 0 radical (unpaired) electrons. The summed E-state index contributed by atoms with van der Waals surface area (Å²) in [5.74, 6) is -0.321. The van der Waals surface area contributed by atoms with Gasteiger partial charge in [-0.2, -0.15) is 0 Å². The van der Waals surface area contributed by atoms with Crippen LogP contribution in [0.25, 0.3) is 10.8 Å².